The number of amides is 2. The summed E-state index contributed by atoms with van der Waals surface area (Å²) in [6.07, 6.45) is 8.46. The van der Waals surface area contributed by atoms with E-state index >= 15 is 0 Å². The van der Waals surface area contributed by atoms with Gasteiger partial charge >= 0.3 is 12.0 Å². The average Bonchev–Trinajstić information content (AvgIpc) is 2.13. The first-order valence-corrected chi connectivity index (χ1v) is 5.78. The molecule has 0 spiro atoms. The molecule has 2 amide bonds. The van der Waals surface area contributed by atoms with Gasteiger partial charge in [-0.2, -0.15) is 0 Å². The molecule has 1 aliphatic rings. The van der Waals surface area contributed by atoms with Crippen molar-refractivity contribution in [2.75, 3.05) is 0 Å². The number of terminal acetylenes is 1. The van der Waals surface area contributed by atoms with Gasteiger partial charge < -0.3 is 15.7 Å². The highest BCUT2D eigenvalue weighted by Crippen LogP contribution is 2.29. The number of nitrogens with one attached hydrogen (secondary N) is 2. The Morgan fingerprint density at radius 3 is 2.53 bits per heavy atom. The van der Waals surface area contributed by atoms with Crippen molar-refractivity contribution in [2.24, 2.45) is 5.92 Å². The number of hydrogen-bond acceptors (Lipinski definition) is 2. The molecule has 17 heavy (non-hydrogen) atoms. The highest BCUT2D eigenvalue weighted by atomic mass is 16.4. The molecule has 3 N–H and O–H groups in total. The molecule has 0 aromatic carbocycles. The van der Waals surface area contributed by atoms with Crippen molar-refractivity contribution < 1.29 is 14.7 Å². The number of carbonyl (C=O) groups excluding carboxylic acids is 1. The number of hydrogen-bond donors (Lipinski definition) is 3. The summed E-state index contributed by atoms with van der Waals surface area (Å²) in [6, 6.07) is -1.41. The Balaban J connectivity index is 2.36. The smallest absolute Gasteiger partial charge is 0.327 e. The summed E-state index contributed by atoms with van der Waals surface area (Å²) < 4.78 is 0. The fraction of sp³-hybridized carbons (Fsp3) is 0.667. The van der Waals surface area contributed by atoms with Crippen LogP contribution in [0.4, 0.5) is 4.79 Å². The largest absolute Gasteiger partial charge is 0.480 e. The van der Waals surface area contributed by atoms with Gasteiger partial charge in [-0.15, -0.1) is 12.3 Å². The summed E-state index contributed by atoms with van der Waals surface area (Å²) in [4.78, 5) is 22.3. The van der Waals surface area contributed by atoms with Gasteiger partial charge in [0.1, 0.15) is 6.04 Å². The third kappa shape index (κ3) is 3.99. The average molecular weight is 238 g/mol. The van der Waals surface area contributed by atoms with E-state index in [0.717, 1.165) is 12.8 Å². The summed E-state index contributed by atoms with van der Waals surface area (Å²) in [7, 11) is 0. The van der Waals surface area contributed by atoms with E-state index in [1.807, 2.05) is 6.92 Å². The van der Waals surface area contributed by atoms with Crippen LogP contribution in [-0.2, 0) is 4.79 Å². The molecule has 0 bridgehead atoms. The van der Waals surface area contributed by atoms with Gasteiger partial charge in [0.15, 0.2) is 0 Å². The third-order valence-corrected chi connectivity index (χ3v) is 3.14. The molecule has 0 aromatic rings. The van der Waals surface area contributed by atoms with Gasteiger partial charge in [-0.1, -0.05) is 6.42 Å². The summed E-state index contributed by atoms with van der Waals surface area (Å²) in [5.41, 5.74) is 0. The standard InChI is InChI=1S/C12H18N2O3/c1-3-5-10(11(15)16)14-12(17)13-8(2)9-6-4-7-9/h1,8-10H,4-7H2,2H3,(H,15,16)(H2,13,14,17). The van der Waals surface area contributed by atoms with Crippen molar-refractivity contribution in [1.82, 2.24) is 10.6 Å². The summed E-state index contributed by atoms with van der Waals surface area (Å²) in [5, 5.41) is 13.9. The van der Waals surface area contributed by atoms with Crippen molar-refractivity contribution in [3.8, 4) is 12.3 Å². The predicted molar refractivity (Wildman–Crippen MR) is 63.3 cm³/mol. The molecule has 2 unspecified atom stereocenters. The van der Waals surface area contributed by atoms with E-state index in [9.17, 15) is 9.59 Å². The Kier molecular flexibility index (Phi) is 4.83. The second-order valence-electron chi connectivity index (χ2n) is 4.40. The Labute approximate surface area is 101 Å². The predicted octanol–water partition coefficient (Wildman–Crippen LogP) is 0.951. The minimum Gasteiger partial charge on any atom is -0.480 e. The molecule has 0 aliphatic heterocycles. The van der Waals surface area contributed by atoms with Gasteiger partial charge in [0.05, 0.1) is 0 Å². The van der Waals surface area contributed by atoms with E-state index in [2.05, 4.69) is 16.6 Å². The lowest BCUT2D eigenvalue weighted by Gasteiger charge is -2.32. The van der Waals surface area contributed by atoms with E-state index in [0.29, 0.717) is 5.92 Å². The number of carboxylic acids is 1. The number of carboxylic acid groups (broad SMARTS) is 1. The van der Waals surface area contributed by atoms with Crippen LogP contribution in [0.15, 0.2) is 0 Å². The minimum absolute atomic E-state index is 0.0133. The molecule has 1 fully saturated rings. The quantitative estimate of drug-likeness (QED) is 0.624. The topological polar surface area (TPSA) is 78.4 Å². The van der Waals surface area contributed by atoms with Crippen molar-refractivity contribution in [1.29, 1.82) is 0 Å². The Hall–Kier alpha value is -1.70. The Bertz CT molecular complexity index is 331. The molecule has 1 saturated carbocycles. The maximum atomic E-state index is 11.5. The lowest BCUT2D eigenvalue weighted by atomic mass is 9.80. The van der Waals surface area contributed by atoms with Gasteiger partial charge in [0.2, 0.25) is 0 Å². The Morgan fingerprint density at radius 2 is 2.12 bits per heavy atom. The fourth-order valence-corrected chi connectivity index (χ4v) is 1.78. The molecule has 1 aliphatic carbocycles. The van der Waals surface area contributed by atoms with Gasteiger partial charge in [-0.25, -0.2) is 9.59 Å². The van der Waals surface area contributed by atoms with E-state index in [4.69, 9.17) is 11.5 Å². The molecule has 5 heteroatoms. The van der Waals surface area contributed by atoms with Crippen LogP contribution in [0, 0.1) is 18.3 Å². The lowest BCUT2D eigenvalue weighted by molar-refractivity contribution is -0.139. The summed E-state index contributed by atoms with van der Waals surface area (Å²) in [6.45, 7) is 1.93. The molecule has 5 nitrogen and oxygen atoms in total. The van der Waals surface area contributed by atoms with Gasteiger partial charge in [0, 0.05) is 12.5 Å². The van der Waals surface area contributed by atoms with Crippen molar-refractivity contribution in [3.63, 3.8) is 0 Å². The van der Waals surface area contributed by atoms with Crippen molar-refractivity contribution in [2.45, 2.75) is 44.7 Å². The van der Waals surface area contributed by atoms with E-state index in [1.165, 1.54) is 6.42 Å². The molecule has 1 rings (SSSR count). The van der Waals surface area contributed by atoms with Crippen LogP contribution in [-0.4, -0.2) is 29.2 Å². The maximum absolute atomic E-state index is 11.5. The van der Waals surface area contributed by atoms with Gasteiger partial charge in [-0.3, -0.25) is 0 Å². The minimum atomic E-state index is -1.12. The van der Waals surface area contributed by atoms with E-state index in [1.54, 1.807) is 0 Å². The zero-order valence-corrected chi connectivity index (χ0v) is 9.90. The highest BCUT2D eigenvalue weighted by molar-refractivity contribution is 5.82. The molecule has 0 radical (unpaired) electrons. The molecule has 0 aromatic heterocycles. The molecule has 2 atom stereocenters. The van der Waals surface area contributed by atoms with Crippen LogP contribution >= 0.6 is 0 Å². The fourth-order valence-electron chi connectivity index (χ4n) is 1.78. The zero-order chi connectivity index (χ0) is 12.8. The molecule has 94 valence electrons. The van der Waals surface area contributed by atoms with E-state index in [-0.39, 0.29) is 12.5 Å². The number of aliphatic carboxylic acids is 1. The first kappa shape index (κ1) is 13.4. The highest BCUT2D eigenvalue weighted by Gasteiger charge is 2.26. The van der Waals surface area contributed by atoms with Crippen molar-refractivity contribution in [3.05, 3.63) is 0 Å². The van der Waals surface area contributed by atoms with E-state index < -0.39 is 18.0 Å². The number of carbonyl (C=O) groups is 2. The first-order valence-electron chi connectivity index (χ1n) is 5.78. The Morgan fingerprint density at radius 1 is 1.47 bits per heavy atom. The summed E-state index contributed by atoms with van der Waals surface area (Å²) >= 11 is 0. The van der Waals surface area contributed by atoms with Crippen LogP contribution in [0.3, 0.4) is 0 Å². The third-order valence-electron chi connectivity index (χ3n) is 3.14. The van der Waals surface area contributed by atoms with Crippen molar-refractivity contribution >= 4 is 12.0 Å². The van der Waals surface area contributed by atoms with Crippen LogP contribution in [0.5, 0.6) is 0 Å². The monoisotopic (exact) mass is 238 g/mol. The second kappa shape index (κ2) is 6.14. The number of urea groups is 1. The first-order chi connectivity index (χ1) is 8.04. The van der Waals surface area contributed by atoms with Crippen LogP contribution in [0.2, 0.25) is 0 Å². The molecular weight excluding hydrogens is 220 g/mol. The molecular formula is C12H18N2O3. The SMILES string of the molecule is C#CCC(NC(=O)NC(C)C1CCC1)C(=O)O. The van der Waals surface area contributed by atoms with Gasteiger partial charge in [-0.05, 0) is 25.7 Å². The summed E-state index contributed by atoms with van der Waals surface area (Å²) in [5.74, 6) is 1.62. The second-order valence-corrected chi connectivity index (χ2v) is 4.40. The van der Waals surface area contributed by atoms with Crippen LogP contribution in [0.1, 0.15) is 32.6 Å². The normalized spacial score (nSPS) is 18.4. The maximum Gasteiger partial charge on any atom is 0.327 e. The lowest BCUT2D eigenvalue weighted by Crippen LogP contribution is -2.50. The van der Waals surface area contributed by atoms with Crippen LogP contribution in [0.25, 0.3) is 0 Å². The zero-order valence-electron chi connectivity index (χ0n) is 9.90. The van der Waals surface area contributed by atoms with Gasteiger partial charge in [0.25, 0.3) is 0 Å². The molecule has 0 saturated heterocycles. The van der Waals surface area contributed by atoms with Crippen LogP contribution < -0.4 is 10.6 Å². The number of rotatable bonds is 5. The molecule has 0 heterocycles.